The molecule has 1 N–H and O–H groups in total. The standard InChI is InChI=1S/C12H10O2/c1-3-10-6-4-5-7-11(10)8-9(2)12(13)14/h1,4-8H,2H3,(H,13,14)/b9-8-. The third-order valence-corrected chi connectivity index (χ3v) is 1.83. The zero-order chi connectivity index (χ0) is 10.6. The minimum Gasteiger partial charge on any atom is -0.478 e. The lowest BCUT2D eigenvalue weighted by atomic mass is 10.1. The highest BCUT2D eigenvalue weighted by Crippen LogP contribution is 2.11. The molecule has 0 unspecified atom stereocenters. The number of carboxylic acids is 1. The Morgan fingerprint density at radius 1 is 1.50 bits per heavy atom. The highest BCUT2D eigenvalue weighted by Gasteiger charge is 2.01. The first-order valence-electron chi connectivity index (χ1n) is 4.12. The van der Waals surface area contributed by atoms with Gasteiger partial charge in [0.1, 0.15) is 0 Å². The van der Waals surface area contributed by atoms with Crippen molar-refractivity contribution in [2.75, 3.05) is 0 Å². The predicted molar refractivity (Wildman–Crippen MR) is 55.7 cm³/mol. The normalized spacial score (nSPS) is 10.7. The quantitative estimate of drug-likeness (QED) is 0.567. The molecule has 1 aromatic carbocycles. The molecule has 2 heteroatoms. The van der Waals surface area contributed by atoms with Gasteiger partial charge < -0.3 is 5.11 Å². The molecule has 70 valence electrons. The molecule has 0 aliphatic carbocycles. The summed E-state index contributed by atoms with van der Waals surface area (Å²) in [4.78, 5) is 10.6. The van der Waals surface area contributed by atoms with E-state index < -0.39 is 5.97 Å². The Kier molecular flexibility index (Phi) is 3.09. The number of carboxylic acid groups (broad SMARTS) is 1. The Bertz CT molecular complexity index is 422. The van der Waals surface area contributed by atoms with Crippen LogP contribution in [0.2, 0.25) is 0 Å². The van der Waals surface area contributed by atoms with Gasteiger partial charge in [0.25, 0.3) is 0 Å². The van der Waals surface area contributed by atoms with Crippen molar-refractivity contribution in [3.05, 3.63) is 41.0 Å². The Morgan fingerprint density at radius 3 is 2.71 bits per heavy atom. The average molecular weight is 186 g/mol. The number of aliphatic carboxylic acids is 1. The first-order chi connectivity index (χ1) is 6.65. The van der Waals surface area contributed by atoms with Crippen LogP contribution >= 0.6 is 0 Å². The van der Waals surface area contributed by atoms with E-state index in [9.17, 15) is 4.79 Å². The second-order valence-electron chi connectivity index (χ2n) is 2.86. The Balaban J connectivity index is 3.15. The lowest BCUT2D eigenvalue weighted by molar-refractivity contribution is -0.132. The Hall–Kier alpha value is -2.01. The van der Waals surface area contributed by atoms with Gasteiger partial charge in [-0.05, 0) is 24.6 Å². The van der Waals surface area contributed by atoms with Gasteiger partial charge in [-0.3, -0.25) is 0 Å². The van der Waals surface area contributed by atoms with Crippen molar-refractivity contribution in [3.63, 3.8) is 0 Å². The smallest absolute Gasteiger partial charge is 0.331 e. The number of hydrogen-bond donors (Lipinski definition) is 1. The first-order valence-corrected chi connectivity index (χ1v) is 4.12. The molecule has 0 saturated carbocycles. The number of hydrogen-bond acceptors (Lipinski definition) is 1. The van der Waals surface area contributed by atoms with Crippen molar-refractivity contribution >= 4 is 12.0 Å². The van der Waals surface area contributed by atoms with Gasteiger partial charge in [-0.15, -0.1) is 6.42 Å². The molecule has 0 fully saturated rings. The largest absolute Gasteiger partial charge is 0.478 e. The monoisotopic (exact) mass is 186 g/mol. The van der Waals surface area contributed by atoms with Crippen LogP contribution < -0.4 is 0 Å². The molecule has 0 atom stereocenters. The SMILES string of the molecule is C#Cc1ccccc1/C=C(/C)C(=O)O. The topological polar surface area (TPSA) is 37.3 Å². The molecular formula is C12H10O2. The van der Waals surface area contributed by atoms with Crippen molar-refractivity contribution in [2.24, 2.45) is 0 Å². The second-order valence-corrected chi connectivity index (χ2v) is 2.86. The van der Waals surface area contributed by atoms with Gasteiger partial charge in [0.15, 0.2) is 0 Å². The van der Waals surface area contributed by atoms with Gasteiger partial charge in [-0.1, -0.05) is 24.1 Å². The van der Waals surface area contributed by atoms with Crippen LogP contribution in [0.5, 0.6) is 0 Å². The maximum Gasteiger partial charge on any atom is 0.331 e. The molecule has 0 spiro atoms. The van der Waals surface area contributed by atoms with Gasteiger partial charge in [-0.2, -0.15) is 0 Å². The summed E-state index contributed by atoms with van der Waals surface area (Å²) in [6.45, 7) is 1.54. The highest BCUT2D eigenvalue weighted by molar-refractivity contribution is 5.91. The number of carbonyl (C=O) groups is 1. The van der Waals surface area contributed by atoms with Crippen LogP contribution in [-0.4, -0.2) is 11.1 Å². The van der Waals surface area contributed by atoms with Crippen molar-refractivity contribution < 1.29 is 9.90 Å². The van der Waals surface area contributed by atoms with Gasteiger partial charge in [-0.25, -0.2) is 4.79 Å². The van der Waals surface area contributed by atoms with E-state index in [2.05, 4.69) is 5.92 Å². The number of benzene rings is 1. The average Bonchev–Trinajstić information content (AvgIpc) is 2.18. The number of rotatable bonds is 2. The van der Waals surface area contributed by atoms with Crippen molar-refractivity contribution in [3.8, 4) is 12.3 Å². The van der Waals surface area contributed by atoms with Crippen molar-refractivity contribution in [1.82, 2.24) is 0 Å². The van der Waals surface area contributed by atoms with E-state index in [-0.39, 0.29) is 5.57 Å². The zero-order valence-corrected chi connectivity index (χ0v) is 7.82. The van der Waals surface area contributed by atoms with E-state index in [0.717, 1.165) is 5.56 Å². The predicted octanol–water partition coefficient (Wildman–Crippen LogP) is 2.16. The fourth-order valence-corrected chi connectivity index (χ4v) is 1.05. The fraction of sp³-hybridized carbons (Fsp3) is 0.0833. The Labute approximate surface area is 82.9 Å². The van der Waals surface area contributed by atoms with Crippen LogP contribution in [0.25, 0.3) is 6.08 Å². The van der Waals surface area contributed by atoms with Crippen molar-refractivity contribution in [2.45, 2.75) is 6.92 Å². The van der Waals surface area contributed by atoms with Gasteiger partial charge >= 0.3 is 5.97 Å². The van der Waals surface area contributed by atoms with Crippen molar-refractivity contribution in [1.29, 1.82) is 0 Å². The summed E-state index contributed by atoms with van der Waals surface area (Å²) in [6, 6.07) is 7.22. The van der Waals surface area contributed by atoms with E-state index in [4.69, 9.17) is 11.5 Å². The third-order valence-electron chi connectivity index (χ3n) is 1.83. The van der Waals surface area contributed by atoms with Crippen LogP contribution in [0.4, 0.5) is 0 Å². The van der Waals surface area contributed by atoms with E-state index >= 15 is 0 Å². The summed E-state index contributed by atoms with van der Waals surface area (Å²) < 4.78 is 0. The molecule has 0 heterocycles. The van der Waals surface area contributed by atoms with E-state index in [1.54, 1.807) is 18.2 Å². The molecule has 0 radical (unpaired) electrons. The first kappa shape index (κ1) is 10.1. The third kappa shape index (κ3) is 2.24. The van der Waals surface area contributed by atoms with Crippen LogP contribution in [-0.2, 0) is 4.79 Å². The Morgan fingerprint density at radius 2 is 2.14 bits per heavy atom. The van der Waals surface area contributed by atoms with Crippen LogP contribution in [0.1, 0.15) is 18.1 Å². The summed E-state index contributed by atoms with van der Waals surface area (Å²) in [5.74, 6) is 1.57. The van der Waals surface area contributed by atoms with E-state index in [0.29, 0.717) is 5.56 Å². The molecule has 0 aromatic heterocycles. The lowest BCUT2D eigenvalue weighted by Crippen LogP contribution is -1.96. The lowest BCUT2D eigenvalue weighted by Gasteiger charge is -1.98. The zero-order valence-electron chi connectivity index (χ0n) is 7.82. The fourth-order valence-electron chi connectivity index (χ4n) is 1.05. The van der Waals surface area contributed by atoms with Gasteiger partial charge in [0, 0.05) is 11.1 Å². The summed E-state index contributed by atoms with van der Waals surface area (Å²) >= 11 is 0. The molecule has 1 aromatic rings. The molecule has 0 bridgehead atoms. The second kappa shape index (κ2) is 4.29. The summed E-state index contributed by atoms with van der Waals surface area (Å²) in [6.07, 6.45) is 6.84. The molecule has 0 aliphatic heterocycles. The van der Waals surface area contributed by atoms with E-state index in [1.807, 2.05) is 12.1 Å². The van der Waals surface area contributed by atoms with Crippen LogP contribution in [0, 0.1) is 12.3 Å². The molecule has 0 saturated heterocycles. The van der Waals surface area contributed by atoms with Crippen LogP contribution in [0.15, 0.2) is 29.8 Å². The maximum atomic E-state index is 10.6. The summed E-state index contributed by atoms with van der Waals surface area (Å²) in [5, 5.41) is 8.69. The molecule has 1 rings (SSSR count). The highest BCUT2D eigenvalue weighted by atomic mass is 16.4. The molecular weight excluding hydrogens is 176 g/mol. The summed E-state index contributed by atoms with van der Waals surface area (Å²) in [7, 11) is 0. The summed E-state index contributed by atoms with van der Waals surface area (Å²) in [5.41, 5.74) is 1.73. The molecule has 14 heavy (non-hydrogen) atoms. The van der Waals surface area contributed by atoms with Gasteiger partial charge in [0.05, 0.1) is 0 Å². The minimum absolute atomic E-state index is 0.271. The maximum absolute atomic E-state index is 10.6. The van der Waals surface area contributed by atoms with Crippen LogP contribution in [0.3, 0.4) is 0 Å². The van der Waals surface area contributed by atoms with E-state index in [1.165, 1.54) is 6.92 Å². The molecule has 2 nitrogen and oxygen atoms in total. The minimum atomic E-state index is -0.933. The molecule has 0 amide bonds. The molecule has 0 aliphatic rings. The number of terminal acetylenes is 1. The van der Waals surface area contributed by atoms with Gasteiger partial charge in [0.2, 0.25) is 0 Å².